The zero-order chi connectivity index (χ0) is 20.0. The Labute approximate surface area is 169 Å². The Bertz CT molecular complexity index is 1260. The molecule has 146 valence electrons. The molecule has 0 bridgehead atoms. The molecule has 0 atom stereocenters. The quantitative estimate of drug-likeness (QED) is 0.509. The Kier molecular flexibility index (Phi) is 4.16. The van der Waals surface area contributed by atoms with Gasteiger partial charge in [-0.1, -0.05) is 28.9 Å². The second-order valence-electron chi connectivity index (χ2n) is 7.18. The molecule has 0 saturated heterocycles. The summed E-state index contributed by atoms with van der Waals surface area (Å²) in [5, 5.41) is 4.90. The van der Waals surface area contributed by atoms with Crippen LogP contribution in [-0.2, 0) is 12.2 Å². The Morgan fingerprint density at radius 3 is 2.93 bits per heavy atom. The van der Waals surface area contributed by atoms with Crippen molar-refractivity contribution in [2.24, 2.45) is 0 Å². The van der Waals surface area contributed by atoms with Gasteiger partial charge in [0.1, 0.15) is 18.5 Å². The topological polar surface area (TPSA) is 86.7 Å². The number of halogens is 2. The van der Waals surface area contributed by atoms with Crippen molar-refractivity contribution >= 4 is 22.6 Å². The van der Waals surface area contributed by atoms with Gasteiger partial charge in [0.05, 0.1) is 5.39 Å². The van der Waals surface area contributed by atoms with Crippen molar-refractivity contribution in [2.45, 2.75) is 31.0 Å². The number of hydrogen-bond donors (Lipinski definition) is 0. The first-order valence-corrected chi connectivity index (χ1v) is 9.47. The summed E-state index contributed by atoms with van der Waals surface area (Å²) in [5.41, 5.74) is -0.736. The van der Waals surface area contributed by atoms with Gasteiger partial charge in [0, 0.05) is 17.1 Å². The molecular formula is C20H15ClFN5O2. The Morgan fingerprint density at radius 2 is 2.10 bits per heavy atom. The molecule has 0 spiro atoms. The molecule has 29 heavy (non-hydrogen) atoms. The molecule has 1 aliphatic rings. The molecule has 9 heteroatoms. The fourth-order valence-corrected chi connectivity index (χ4v) is 3.85. The van der Waals surface area contributed by atoms with Crippen LogP contribution in [0.3, 0.4) is 0 Å². The van der Waals surface area contributed by atoms with E-state index in [9.17, 15) is 4.79 Å². The summed E-state index contributed by atoms with van der Waals surface area (Å²) in [5.74, 6) is 0.567. The molecule has 1 aromatic carbocycles. The van der Waals surface area contributed by atoms with E-state index in [1.54, 1.807) is 42.6 Å². The summed E-state index contributed by atoms with van der Waals surface area (Å²) in [6.07, 6.45) is 3.50. The number of aromatic nitrogens is 5. The van der Waals surface area contributed by atoms with Gasteiger partial charge in [0.15, 0.2) is 11.5 Å². The van der Waals surface area contributed by atoms with Crippen LogP contribution in [0.2, 0.25) is 5.02 Å². The van der Waals surface area contributed by atoms with Gasteiger partial charge in [-0.2, -0.15) is 4.98 Å². The number of hydrogen-bond acceptors (Lipinski definition) is 6. The third-order valence-electron chi connectivity index (χ3n) is 5.23. The molecular weight excluding hydrogens is 397 g/mol. The first-order valence-electron chi connectivity index (χ1n) is 9.09. The number of rotatable bonds is 4. The van der Waals surface area contributed by atoms with Gasteiger partial charge in [-0.15, -0.1) is 0 Å². The molecule has 3 aromatic heterocycles. The molecule has 1 saturated carbocycles. The number of benzene rings is 1. The second-order valence-corrected chi connectivity index (χ2v) is 7.62. The molecule has 3 heterocycles. The highest BCUT2D eigenvalue weighted by molar-refractivity contribution is 6.30. The minimum atomic E-state index is -1.44. The molecule has 0 radical (unpaired) electrons. The van der Waals surface area contributed by atoms with Crippen LogP contribution >= 0.6 is 11.6 Å². The average Bonchev–Trinajstić information content (AvgIpc) is 3.16. The van der Waals surface area contributed by atoms with Crippen molar-refractivity contribution in [2.75, 3.05) is 0 Å². The summed E-state index contributed by atoms with van der Waals surface area (Å²) in [6, 6.07) is 10.2. The first-order chi connectivity index (χ1) is 14.0. The highest BCUT2D eigenvalue weighted by atomic mass is 35.5. The highest BCUT2D eigenvalue weighted by Crippen LogP contribution is 2.53. The summed E-state index contributed by atoms with van der Waals surface area (Å²) in [4.78, 5) is 25.1. The second kappa shape index (κ2) is 6.73. The Morgan fingerprint density at radius 1 is 1.24 bits per heavy atom. The van der Waals surface area contributed by atoms with Gasteiger partial charge in [0.2, 0.25) is 5.89 Å². The van der Waals surface area contributed by atoms with E-state index in [1.165, 1.54) is 10.9 Å². The normalized spacial score (nSPS) is 21.2. The lowest BCUT2D eigenvalue weighted by Crippen LogP contribution is -2.36. The van der Waals surface area contributed by atoms with E-state index in [-0.39, 0.29) is 36.8 Å². The van der Waals surface area contributed by atoms with E-state index < -0.39 is 5.67 Å². The SMILES string of the molecule is O=c1c2cccnc2ncn1Cc1nc(C2CC(F)(c3cccc(Cl)c3)C2)no1. The van der Waals surface area contributed by atoms with Crippen LogP contribution in [0.5, 0.6) is 0 Å². The van der Waals surface area contributed by atoms with Crippen molar-refractivity contribution in [3.05, 3.63) is 81.6 Å². The van der Waals surface area contributed by atoms with Crippen molar-refractivity contribution in [3.63, 3.8) is 0 Å². The van der Waals surface area contributed by atoms with Crippen LogP contribution in [0.25, 0.3) is 11.0 Å². The summed E-state index contributed by atoms with van der Waals surface area (Å²) in [7, 11) is 0. The smallest absolute Gasteiger partial charge is 0.263 e. The van der Waals surface area contributed by atoms with E-state index in [0.717, 1.165) is 0 Å². The largest absolute Gasteiger partial charge is 0.337 e. The fraction of sp³-hybridized carbons (Fsp3) is 0.250. The van der Waals surface area contributed by atoms with Crippen LogP contribution in [-0.4, -0.2) is 24.7 Å². The van der Waals surface area contributed by atoms with Gasteiger partial charge in [-0.05, 0) is 42.7 Å². The molecule has 7 nitrogen and oxygen atoms in total. The molecule has 5 rings (SSSR count). The van der Waals surface area contributed by atoms with Crippen molar-refractivity contribution in [3.8, 4) is 0 Å². The minimum absolute atomic E-state index is 0.0887. The monoisotopic (exact) mass is 411 g/mol. The van der Waals surface area contributed by atoms with Gasteiger partial charge < -0.3 is 4.52 Å². The standard InChI is InChI=1S/C20H15ClFN5O2/c21-14-4-1-3-13(7-14)20(22)8-12(9-20)17-25-16(29-26-17)10-27-11-24-18-15(19(27)28)5-2-6-23-18/h1-7,11-12H,8-10H2. The lowest BCUT2D eigenvalue weighted by Gasteiger charge is -2.40. The van der Waals surface area contributed by atoms with Crippen molar-refractivity contribution in [1.82, 2.24) is 24.7 Å². The Hall–Kier alpha value is -3.13. The van der Waals surface area contributed by atoms with E-state index in [0.29, 0.717) is 27.4 Å². The third-order valence-corrected chi connectivity index (χ3v) is 5.47. The fourth-order valence-electron chi connectivity index (χ4n) is 3.66. The van der Waals surface area contributed by atoms with Gasteiger partial charge >= 0.3 is 0 Å². The molecule has 0 unspecified atom stereocenters. The molecule has 1 fully saturated rings. The maximum Gasteiger partial charge on any atom is 0.263 e. The summed E-state index contributed by atoms with van der Waals surface area (Å²) < 4.78 is 21.8. The van der Waals surface area contributed by atoms with E-state index in [2.05, 4.69) is 20.1 Å². The van der Waals surface area contributed by atoms with Gasteiger partial charge in [-0.25, -0.2) is 14.4 Å². The highest BCUT2D eigenvalue weighted by Gasteiger charge is 2.48. The maximum atomic E-state index is 15.1. The predicted octanol–water partition coefficient (Wildman–Crippen LogP) is 3.62. The Balaban J connectivity index is 1.32. The number of alkyl halides is 1. The van der Waals surface area contributed by atoms with Gasteiger partial charge in [0.25, 0.3) is 5.56 Å². The maximum absolute atomic E-state index is 15.1. The number of nitrogens with zero attached hydrogens (tertiary/aromatic N) is 5. The van der Waals surface area contributed by atoms with E-state index in [1.807, 2.05) is 0 Å². The number of fused-ring (bicyclic) bond motifs is 1. The zero-order valence-corrected chi connectivity index (χ0v) is 15.9. The lowest BCUT2D eigenvalue weighted by atomic mass is 9.68. The predicted molar refractivity (Wildman–Crippen MR) is 103 cm³/mol. The van der Waals surface area contributed by atoms with E-state index >= 15 is 4.39 Å². The third kappa shape index (κ3) is 3.19. The van der Waals surface area contributed by atoms with Crippen molar-refractivity contribution in [1.29, 1.82) is 0 Å². The van der Waals surface area contributed by atoms with Crippen LogP contribution in [0, 0.1) is 0 Å². The van der Waals surface area contributed by atoms with Crippen molar-refractivity contribution < 1.29 is 8.91 Å². The summed E-state index contributed by atoms with van der Waals surface area (Å²) in [6.45, 7) is 0.0887. The van der Waals surface area contributed by atoms with Crippen LogP contribution < -0.4 is 5.56 Å². The first kappa shape index (κ1) is 17.9. The van der Waals surface area contributed by atoms with E-state index in [4.69, 9.17) is 16.1 Å². The molecule has 0 aliphatic heterocycles. The zero-order valence-electron chi connectivity index (χ0n) is 15.1. The van der Waals surface area contributed by atoms with Crippen LogP contribution in [0.4, 0.5) is 4.39 Å². The van der Waals surface area contributed by atoms with Crippen LogP contribution in [0.15, 0.2) is 58.2 Å². The summed E-state index contributed by atoms with van der Waals surface area (Å²) >= 11 is 5.97. The van der Waals surface area contributed by atoms with Crippen LogP contribution in [0.1, 0.15) is 36.0 Å². The molecule has 0 N–H and O–H groups in total. The number of pyridine rings is 1. The minimum Gasteiger partial charge on any atom is -0.337 e. The molecule has 0 amide bonds. The molecule has 4 aromatic rings. The average molecular weight is 412 g/mol. The molecule has 1 aliphatic carbocycles. The van der Waals surface area contributed by atoms with Gasteiger partial charge in [-0.3, -0.25) is 9.36 Å². The lowest BCUT2D eigenvalue weighted by molar-refractivity contribution is 0.0336.